The first-order valence-corrected chi connectivity index (χ1v) is 8.94. The number of rotatable bonds is 3. The van der Waals surface area contributed by atoms with Gasteiger partial charge in [0.1, 0.15) is 5.75 Å². The van der Waals surface area contributed by atoms with Crippen LogP contribution in [-0.2, 0) is 6.42 Å². The molecule has 130 valence electrons. The zero-order valence-electron chi connectivity index (χ0n) is 13.9. The number of nitro benzene ring substituents is 1. The molecule has 0 unspecified atom stereocenters. The van der Waals surface area contributed by atoms with Crippen LogP contribution in [0.5, 0.6) is 5.75 Å². The largest absolute Gasteiger partial charge is 0.495 e. The molecule has 1 heterocycles. The minimum absolute atomic E-state index is 0.0859. The molecule has 1 amide bonds. The molecule has 0 atom stereocenters. The molecule has 0 bridgehead atoms. The molecule has 0 saturated heterocycles. The number of halogens is 1. The van der Waals surface area contributed by atoms with Crippen LogP contribution >= 0.6 is 22.6 Å². The molecule has 0 aromatic heterocycles. The number of anilines is 1. The quantitative estimate of drug-likeness (QED) is 0.399. The summed E-state index contributed by atoms with van der Waals surface area (Å²) in [5.41, 5.74) is 3.24. The lowest BCUT2D eigenvalue weighted by Gasteiger charge is -2.32. The number of fused-ring (bicyclic) bond motifs is 1. The minimum atomic E-state index is -0.484. The molecule has 2 aromatic rings. The molecule has 6 nitrogen and oxygen atoms in total. The number of hydrogen-bond acceptors (Lipinski definition) is 4. The number of nitrogens with zero attached hydrogens (tertiary/aromatic N) is 2. The van der Waals surface area contributed by atoms with E-state index in [1.165, 1.54) is 12.1 Å². The zero-order valence-corrected chi connectivity index (χ0v) is 16.1. The Kier molecular flexibility index (Phi) is 4.94. The van der Waals surface area contributed by atoms with Crippen LogP contribution in [0.1, 0.15) is 27.9 Å². The maximum Gasteiger partial charge on any atom is 0.270 e. The molecule has 0 radical (unpaired) electrons. The molecule has 0 fully saturated rings. The highest BCUT2D eigenvalue weighted by atomic mass is 127. The predicted octanol–water partition coefficient (Wildman–Crippen LogP) is 4.11. The van der Waals surface area contributed by atoms with Crippen molar-refractivity contribution in [1.82, 2.24) is 0 Å². The monoisotopic (exact) mass is 452 g/mol. The summed E-state index contributed by atoms with van der Waals surface area (Å²) < 4.78 is 6.16. The molecule has 0 aliphatic carbocycles. The normalized spacial score (nSPS) is 13.3. The van der Waals surface area contributed by atoms with Gasteiger partial charge in [0.05, 0.1) is 23.3 Å². The first-order valence-electron chi connectivity index (χ1n) is 7.86. The van der Waals surface area contributed by atoms with E-state index in [0.29, 0.717) is 21.4 Å². The summed E-state index contributed by atoms with van der Waals surface area (Å²) in [4.78, 5) is 25.4. The van der Waals surface area contributed by atoms with Crippen LogP contribution in [0, 0.1) is 20.6 Å². The van der Waals surface area contributed by atoms with Crippen molar-refractivity contribution in [3.63, 3.8) is 0 Å². The van der Waals surface area contributed by atoms with Crippen molar-refractivity contribution in [2.45, 2.75) is 19.8 Å². The lowest BCUT2D eigenvalue weighted by molar-refractivity contribution is -0.384. The van der Waals surface area contributed by atoms with Gasteiger partial charge in [-0.3, -0.25) is 14.9 Å². The highest BCUT2D eigenvalue weighted by molar-refractivity contribution is 14.1. The van der Waals surface area contributed by atoms with Crippen LogP contribution in [0.4, 0.5) is 11.4 Å². The van der Waals surface area contributed by atoms with E-state index < -0.39 is 4.92 Å². The number of hydrogen-bond donors (Lipinski definition) is 0. The van der Waals surface area contributed by atoms with Crippen molar-refractivity contribution >= 4 is 39.9 Å². The number of amides is 1. The van der Waals surface area contributed by atoms with E-state index in [1.54, 1.807) is 18.1 Å². The number of carbonyl (C=O) groups excluding carboxylic acids is 1. The molecule has 1 aliphatic rings. The fourth-order valence-corrected chi connectivity index (χ4v) is 3.72. The molecule has 0 spiro atoms. The van der Waals surface area contributed by atoms with Gasteiger partial charge in [-0.15, -0.1) is 0 Å². The Labute approximate surface area is 159 Å². The second-order valence-corrected chi connectivity index (χ2v) is 7.06. The van der Waals surface area contributed by atoms with Crippen LogP contribution < -0.4 is 9.64 Å². The zero-order chi connectivity index (χ0) is 18.1. The van der Waals surface area contributed by atoms with E-state index >= 15 is 0 Å². The third kappa shape index (κ3) is 3.20. The van der Waals surface area contributed by atoms with E-state index in [2.05, 4.69) is 0 Å². The Morgan fingerprint density at radius 2 is 2.08 bits per heavy atom. The van der Waals surface area contributed by atoms with Crippen molar-refractivity contribution < 1.29 is 14.5 Å². The van der Waals surface area contributed by atoms with Gasteiger partial charge < -0.3 is 9.64 Å². The highest BCUT2D eigenvalue weighted by Gasteiger charge is 2.29. The molecule has 1 aliphatic heterocycles. The summed E-state index contributed by atoms with van der Waals surface area (Å²) in [6.07, 6.45) is 1.73. The Hall–Kier alpha value is -2.16. The number of aryl methyl sites for hydroxylation is 1. The summed E-state index contributed by atoms with van der Waals surface area (Å²) in [5, 5.41) is 11.1. The van der Waals surface area contributed by atoms with Crippen LogP contribution in [0.3, 0.4) is 0 Å². The van der Waals surface area contributed by atoms with E-state index in [1.807, 2.05) is 41.6 Å². The Morgan fingerprint density at radius 1 is 1.32 bits per heavy atom. The standard InChI is InChI=1S/C18H17IN2O4/c1-11-5-8-16(25-2)17-13(11)4-3-9-20(17)18(22)14-10-12(21(23)24)6-7-15(14)19/h5-8,10H,3-4,9H2,1-2H3. The lowest BCUT2D eigenvalue weighted by atomic mass is 9.95. The maximum atomic E-state index is 13.2. The fraction of sp³-hybridized carbons (Fsp3) is 0.278. The average Bonchev–Trinajstić information content (AvgIpc) is 2.61. The predicted molar refractivity (Wildman–Crippen MR) is 104 cm³/mol. The van der Waals surface area contributed by atoms with E-state index in [0.717, 1.165) is 29.7 Å². The molecule has 25 heavy (non-hydrogen) atoms. The van der Waals surface area contributed by atoms with Gasteiger partial charge in [0.15, 0.2) is 0 Å². The van der Waals surface area contributed by atoms with E-state index in [4.69, 9.17) is 4.74 Å². The van der Waals surface area contributed by atoms with Gasteiger partial charge in [0.25, 0.3) is 11.6 Å². The van der Waals surface area contributed by atoms with Gasteiger partial charge in [-0.1, -0.05) is 6.07 Å². The molecule has 0 N–H and O–H groups in total. The van der Waals surface area contributed by atoms with Gasteiger partial charge in [-0.05, 0) is 65.6 Å². The first-order chi connectivity index (χ1) is 11.9. The van der Waals surface area contributed by atoms with Gasteiger partial charge in [0, 0.05) is 22.2 Å². The summed E-state index contributed by atoms with van der Waals surface area (Å²) in [5.74, 6) is 0.409. The number of methoxy groups -OCH3 is 1. The molecule has 0 saturated carbocycles. The van der Waals surface area contributed by atoms with Crippen molar-refractivity contribution in [3.05, 3.63) is 60.7 Å². The van der Waals surface area contributed by atoms with Crippen LogP contribution in [0.15, 0.2) is 30.3 Å². The van der Waals surface area contributed by atoms with Crippen molar-refractivity contribution in [3.8, 4) is 5.75 Å². The molecular weight excluding hydrogens is 435 g/mol. The maximum absolute atomic E-state index is 13.2. The van der Waals surface area contributed by atoms with Crippen LogP contribution in [0.25, 0.3) is 0 Å². The smallest absolute Gasteiger partial charge is 0.270 e. The fourth-order valence-electron chi connectivity index (χ4n) is 3.16. The second kappa shape index (κ2) is 6.99. The summed E-state index contributed by atoms with van der Waals surface area (Å²) in [6.45, 7) is 2.58. The topological polar surface area (TPSA) is 72.7 Å². The van der Waals surface area contributed by atoms with Crippen molar-refractivity contribution in [2.75, 3.05) is 18.6 Å². The van der Waals surface area contributed by atoms with Crippen molar-refractivity contribution in [1.29, 1.82) is 0 Å². The summed E-state index contributed by atoms with van der Waals surface area (Å²) in [6, 6.07) is 8.21. The molecule has 7 heteroatoms. The van der Waals surface area contributed by atoms with Gasteiger partial charge in [0.2, 0.25) is 0 Å². The third-order valence-electron chi connectivity index (χ3n) is 4.41. The second-order valence-electron chi connectivity index (χ2n) is 5.89. The third-order valence-corrected chi connectivity index (χ3v) is 5.36. The molecule has 3 rings (SSSR count). The number of nitro groups is 1. The first kappa shape index (κ1) is 17.7. The summed E-state index contributed by atoms with van der Waals surface area (Å²) in [7, 11) is 1.58. The minimum Gasteiger partial charge on any atom is -0.495 e. The number of ether oxygens (including phenoxy) is 1. The number of carbonyl (C=O) groups is 1. The Morgan fingerprint density at radius 3 is 2.76 bits per heavy atom. The lowest BCUT2D eigenvalue weighted by Crippen LogP contribution is -2.36. The highest BCUT2D eigenvalue weighted by Crippen LogP contribution is 2.39. The summed E-state index contributed by atoms with van der Waals surface area (Å²) >= 11 is 2.03. The number of benzene rings is 2. The Bertz CT molecular complexity index is 866. The van der Waals surface area contributed by atoms with Crippen LogP contribution in [-0.4, -0.2) is 24.5 Å². The molecule has 2 aromatic carbocycles. The van der Waals surface area contributed by atoms with E-state index in [9.17, 15) is 14.9 Å². The van der Waals surface area contributed by atoms with Gasteiger partial charge in [-0.25, -0.2) is 0 Å². The van der Waals surface area contributed by atoms with Crippen LogP contribution in [0.2, 0.25) is 0 Å². The average molecular weight is 452 g/mol. The van der Waals surface area contributed by atoms with Crippen molar-refractivity contribution in [2.24, 2.45) is 0 Å². The van der Waals surface area contributed by atoms with E-state index in [-0.39, 0.29) is 11.6 Å². The SMILES string of the molecule is COc1ccc(C)c2c1N(C(=O)c1cc([N+](=O)[O-])ccc1I)CCC2. The number of non-ortho nitro benzene ring substituents is 1. The Balaban J connectivity index is 2.11. The van der Waals surface area contributed by atoms with Gasteiger partial charge in [-0.2, -0.15) is 0 Å². The molecular formula is C18H17IN2O4. The van der Waals surface area contributed by atoms with Gasteiger partial charge >= 0.3 is 0 Å².